The minimum absolute atomic E-state index is 0.0161. The Balaban J connectivity index is 1.63. The number of benzene rings is 2. The van der Waals surface area contributed by atoms with Gasteiger partial charge < -0.3 is 9.80 Å². The number of hydrogen-bond acceptors (Lipinski definition) is 2. The standard InChI is InChI=1S/C20H22BrFN2O/c1-14-4-3-5-19(15(14)2)23-8-10-24(11-9-23)20(25)13-16-12-17(21)6-7-18(16)22/h3-7,12H,8-11,13H2,1-2H3. The van der Waals surface area contributed by atoms with E-state index in [0.29, 0.717) is 18.7 Å². The summed E-state index contributed by atoms with van der Waals surface area (Å²) in [5.41, 5.74) is 4.25. The number of piperazine rings is 1. The van der Waals surface area contributed by atoms with Gasteiger partial charge in [0.15, 0.2) is 0 Å². The highest BCUT2D eigenvalue weighted by Crippen LogP contribution is 2.24. The summed E-state index contributed by atoms with van der Waals surface area (Å²) in [6.07, 6.45) is 0.106. The van der Waals surface area contributed by atoms with Gasteiger partial charge in [-0.3, -0.25) is 4.79 Å². The van der Waals surface area contributed by atoms with E-state index in [1.54, 1.807) is 12.1 Å². The Morgan fingerprint density at radius 1 is 1.12 bits per heavy atom. The predicted molar refractivity (Wildman–Crippen MR) is 103 cm³/mol. The highest BCUT2D eigenvalue weighted by atomic mass is 79.9. The Bertz CT molecular complexity index is 785. The molecule has 1 aliphatic heterocycles. The van der Waals surface area contributed by atoms with Gasteiger partial charge in [-0.1, -0.05) is 28.1 Å². The number of rotatable bonds is 3. The van der Waals surface area contributed by atoms with Gasteiger partial charge in [-0.15, -0.1) is 0 Å². The monoisotopic (exact) mass is 404 g/mol. The van der Waals surface area contributed by atoms with Crippen molar-refractivity contribution in [2.75, 3.05) is 31.1 Å². The van der Waals surface area contributed by atoms with Crippen molar-refractivity contribution in [1.82, 2.24) is 4.90 Å². The summed E-state index contributed by atoms with van der Waals surface area (Å²) in [6.45, 7) is 7.20. The largest absolute Gasteiger partial charge is 0.368 e. The Morgan fingerprint density at radius 2 is 1.84 bits per heavy atom. The lowest BCUT2D eigenvalue weighted by Gasteiger charge is -2.37. The molecule has 5 heteroatoms. The fraction of sp³-hybridized carbons (Fsp3) is 0.350. The minimum Gasteiger partial charge on any atom is -0.368 e. The molecule has 1 aliphatic rings. The van der Waals surface area contributed by atoms with E-state index in [0.717, 1.165) is 17.6 Å². The van der Waals surface area contributed by atoms with Gasteiger partial charge in [-0.05, 0) is 54.8 Å². The molecule has 2 aromatic rings. The molecule has 0 bridgehead atoms. The first kappa shape index (κ1) is 17.9. The van der Waals surface area contributed by atoms with Gasteiger partial charge in [0.25, 0.3) is 0 Å². The third-order valence-corrected chi connectivity index (χ3v) is 5.39. The lowest BCUT2D eigenvalue weighted by molar-refractivity contribution is -0.130. The van der Waals surface area contributed by atoms with E-state index in [4.69, 9.17) is 0 Å². The number of hydrogen-bond donors (Lipinski definition) is 0. The highest BCUT2D eigenvalue weighted by molar-refractivity contribution is 9.10. The average Bonchev–Trinajstić information content (AvgIpc) is 2.61. The summed E-state index contributed by atoms with van der Waals surface area (Å²) < 4.78 is 14.7. The summed E-state index contributed by atoms with van der Waals surface area (Å²) in [5.74, 6) is -0.344. The number of amides is 1. The second-order valence-electron chi connectivity index (χ2n) is 6.50. The van der Waals surface area contributed by atoms with E-state index < -0.39 is 0 Å². The lowest BCUT2D eigenvalue weighted by atomic mass is 10.1. The number of aryl methyl sites for hydroxylation is 1. The Labute approximate surface area is 156 Å². The summed E-state index contributed by atoms with van der Waals surface area (Å²) in [4.78, 5) is 16.7. The normalized spacial score (nSPS) is 14.7. The number of halogens is 2. The average molecular weight is 405 g/mol. The van der Waals surface area contributed by atoms with Crippen LogP contribution in [0.15, 0.2) is 40.9 Å². The second kappa shape index (κ2) is 7.56. The van der Waals surface area contributed by atoms with Crippen molar-refractivity contribution in [2.24, 2.45) is 0 Å². The molecule has 1 amide bonds. The number of carbonyl (C=O) groups excluding carboxylic acids is 1. The van der Waals surface area contributed by atoms with Crippen molar-refractivity contribution in [1.29, 1.82) is 0 Å². The molecule has 0 aliphatic carbocycles. The molecular formula is C20H22BrFN2O. The molecule has 2 aromatic carbocycles. The molecule has 0 atom stereocenters. The molecule has 25 heavy (non-hydrogen) atoms. The molecule has 0 radical (unpaired) electrons. The molecule has 0 aromatic heterocycles. The van der Waals surface area contributed by atoms with Crippen molar-refractivity contribution in [3.63, 3.8) is 0 Å². The Morgan fingerprint density at radius 3 is 2.56 bits per heavy atom. The van der Waals surface area contributed by atoms with Gasteiger partial charge in [-0.25, -0.2) is 4.39 Å². The van der Waals surface area contributed by atoms with Crippen molar-refractivity contribution in [3.8, 4) is 0 Å². The minimum atomic E-state index is -0.328. The van der Waals surface area contributed by atoms with Crippen LogP contribution in [-0.2, 0) is 11.2 Å². The maximum Gasteiger partial charge on any atom is 0.227 e. The van der Waals surface area contributed by atoms with Crippen molar-refractivity contribution in [3.05, 3.63) is 63.4 Å². The SMILES string of the molecule is Cc1cccc(N2CCN(C(=O)Cc3cc(Br)ccc3F)CC2)c1C. The van der Waals surface area contributed by atoms with Crippen LogP contribution >= 0.6 is 15.9 Å². The zero-order valence-corrected chi connectivity index (χ0v) is 16.1. The zero-order chi connectivity index (χ0) is 18.0. The predicted octanol–water partition coefficient (Wildman–Crippen LogP) is 4.10. The maximum absolute atomic E-state index is 13.9. The zero-order valence-electron chi connectivity index (χ0n) is 14.6. The van der Waals surface area contributed by atoms with Crippen molar-refractivity contribution < 1.29 is 9.18 Å². The molecule has 0 N–H and O–H groups in total. The van der Waals surface area contributed by atoms with Crippen molar-refractivity contribution >= 4 is 27.5 Å². The highest BCUT2D eigenvalue weighted by Gasteiger charge is 2.23. The molecule has 0 saturated carbocycles. The maximum atomic E-state index is 13.9. The molecule has 1 saturated heterocycles. The summed E-state index contributed by atoms with van der Waals surface area (Å²) in [5, 5.41) is 0. The molecule has 1 heterocycles. The fourth-order valence-electron chi connectivity index (χ4n) is 3.23. The summed E-state index contributed by atoms with van der Waals surface area (Å²) in [6, 6.07) is 11.0. The van der Waals surface area contributed by atoms with Crippen LogP contribution < -0.4 is 4.90 Å². The number of nitrogens with zero attached hydrogens (tertiary/aromatic N) is 2. The van der Waals surface area contributed by atoms with E-state index in [1.807, 2.05) is 4.90 Å². The van der Waals surface area contributed by atoms with E-state index in [9.17, 15) is 9.18 Å². The van der Waals surface area contributed by atoms with Crippen LogP contribution in [0.25, 0.3) is 0 Å². The molecule has 132 valence electrons. The van der Waals surface area contributed by atoms with Crippen LogP contribution in [-0.4, -0.2) is 37.0 Å². The van der Waals surface area contributed by atoms with Crippen LogP contribution in [0.2, 0.25) is 0 Å². The van der Waals surface area contributed by atoms with Gasteiger partial charge in [0.2, 0.25) is 5.91 Å². The molecule has 3 rings (SSSR count). The molecular weight excluding hydrogens is 383 g/mol. The quantitative estimate of drug-likeness (QED) is 0.768. The summed E-state index contributed by atoms with van der Waals surface area (Å²) in [7, 11) is 0. The Kier molecular flexibility index (Phi) is 5.42. The first-order valence-electron chi connectivity index (χ1n) is 8.48. The topological polar surface area (TPSA) is 23.6 Å². The van der Waals surface area contributed by atoms with Crippen LogP contribution in [0.3, 0.4) is 0 Å². The van der Waals surface area contributed by atoms with Gasteiger partial charge in [0.1, 0.15) is 5.82 Å². The summed E-state index contributed by atoms with van der Waals surface area (Å²) >= 11 is 3.33. The third kappa shape index (κ3) is 4.03. The van der Waals surface area contributed by atoms with Crippen LogP contribution in [0.5, 0.6) is 0 Å². The van der Waals surface area contributed by atoms with Gasteiger partial charge in [-0.2, -0.15) is 0 Å². The molecule has 0 spiro atoms. The first-order valence-corrected chi connectivity index (χ1v) is 9.28. The molecule has 3 nitrogen and oxygen atoms in total. The van der Waals surface area contributed by atoms with Gasteiger partial charge in [0.05, 0.1) is 6.42 Å². The Hall–Kier alpha value is -1.88. The fourth-order valence-corrected chi connectivity index (χ4v) is 3.64. The van der Waals surface area contributed by atoms with Crippen LogP contribution in [0.4, 0.5) is 10.1 Å². The van der Waals surface area contributed by atoms with Gasteiger partial charge in [0, 0.05) is 36.3 Å². The lowest BCUT2D eigenvalue weighted by Crippen LogP contribution is -2.49. The van der Waals surface area contributed by atoms with Gasteiger partial charge >= 0.3 is 0 Å². The van der Waals surface area contributed by atoms with E-state index in [2.05, 4.69) is 52.9 Å². The van der Waals surface area contributed by atoms with Crippen LogP contribution in [0, 0.1) is 19.7 Å². The molecule has 1 fully saturated rings. The van der Waals surface area contributed by atoms with E-state index >= 15 is 0 Å². The van der Waals surface area contributed by atoms with Crippen LogP contribution in [0.1, 0.15) is 16.7 Å². The second-order valence-corrected chi connectivity index (χ2v) is 7.42. The van der Waals surface area contributed by atoms with Crippen molar-refractivity contribution in [2.45, 2.75) is 20.3 Å². The molecule has 0 unspecified atom stereocenters. The number of anilines is 1. The van der Waals surface area contributed by atoms with E-state index in [-0.39, 0.29) is 18.1 Å². The number of carbonyl (C=O) groups is 1. The van der Waals surface area contributed by atoms with E-state index in [1.165, 1.54) is 22.9 Å². The third-order valence-electron chi connectivity index (χ3n) is 4.90. The first-order chi connectivity index (χ1) is 12.0. The smallest absolute Gasteiger partial charge is 0.227 e.